The van der Waals surface area contributed by atoms with Crippen LogP contribution in [0.4, 0.5) is 5.13 Å². The molecule has 74 valence electrons. The fourth-order valence-corrected chi connectivity index (χ4v) is 2.54. The summed E-state index contributed by atoms with van der Waals surface area (Å²) >= 11 is 3.30. The average Bonchev–Trinajstić information content (AvgIpc) is 2.86. The molecule has 2 aromatic rings. The van der Waals surface area contributed by atoms with Crippen molar-refractivity contribution in [2.45, 2.75) is 19.4 Å². The molecule has 2 rings (SSSR count). The Morgan fingerprint density at radius 1 is 1.29 bits per heavy atom. The number of aromatic nitrogens is 2. The fourth-order valence-electron chi connectivity index (χ4n) is 1.19. The van der Waals surface area contributed by atoms with E-state index in [0.29, 0.717) is 6.04 Å². The molecule has 1 atom stereocenters. The van der Waals surface area contributed by atoms with E-state index in [4.69, 9.17) is 0 Å². The van der Waals surface area contributed by atoms with E-state index in [1.807, 2.05) is 23.2 Å². The Morgan fingerprint density at radius 3 is 2.64 bits per heavy atom. The predicted octanol–water partition coefficient (Wildman–Crippen LogP) is 3.16. The summed E-state index contributed by atoms with van der Waals surface area (Å²) in [6, 6.07) is 0.293. The van der Waals surface area contributed by atoms with Gasteiger partial charge in [-0.25, -0.2) is 9.97 Å². The fraction of sp³-hybridized carbons (Fsp3) is 0.333. The van der Waals surface area contributed by atoms with Crippen LogP contribution in [0.5, 0.6) is 0 Å². The zero-order valence-corrected chi connectivity index (χ0v) is 9.44. The Hall–Kier alpha value is -0.940. The number of hydrogen-bond acceptors (Lipinski definition) is 5. The Labute approximate surface area is 90.9 Å². The molecule has 1 N–H and O–H groups in total. The van der Waals surface area contributed by atoms with Gasteiger partial charge in [0.05, 0.1) is 6.04 Å². The lowest BCUT2D eigenvalue weighted by molar-refractivity contribution is 0.741. The van der Waals surface area contributed by atoms with Gasteiger partial charge in [-0.3, -0.25) is 0 Å². The largest absolute Gasteiger partial charge is 0.352 e. The summed E-state index contributed by atoms with van der Waals surface area (Å²) in [7, 11) is 0. The van der Waals surface area contributed by atoms with E-state index >= 15 is 0 Å². The molecule has 1 unspecified atom stereocenters. The molecule has 0 radical (unpaired) electrons. The highest BCUT2D eigenvalue weighted by Gasteiger charge is 2.12. The summed E-state index contributed by atoms with van der Waals surface area (Å²) in [6.07, 6.45) is 4.67. The van der Waals surface area contributed by atoms with Crippen molar-refractivity contribution >= 4 is 27.8 Å². The van der Waals surface area contributed by atoms with E-state index in [0.717, 1.165) is 16.6 Å². The minimum atomic E-state index is 0.293. The van der Waals surface area contributed by atoms with Crippen molar-refractivity contribution < 1.29 is 0 Å². The molecule has 0 spiro atoms. The van der Waals surface area contributed by atoms with E-state index in [1.54, 1.807) is 22.7 Å². The number of anilines is 1. The van der Waals surface area contributed by atoms with Gasteiger partial charge >= 0.3 is 0 Å². The molecule has 0 aliphatic rings. The molecular formula is C9H11N3S2. The lowest BCUT2D eigenvalue weighted by Crippen LogP contribution is -2.08. The van der Waals surface area contributed by atoms with Crippen LogP contribution in [0, 0.1) is 0 Å². The van der Waals surface area contributed by atoms with Crippen LogP contribution in [0.1, 0.15) is 24.4 Å². The third-order valence-corrected chi connectivity index (χ3v) is 3.48. The first-order chi connectivity index (χ1) is 6.90. The first-order valence-electron chi connectivity index (χ1n) is 4.45. The molecule has 0 bridgehead atoms. The van der Waals surface area contributed by atoms with Crippen molar-refractivity contribution in [1.29, 1.82) is 0 Å². The van der Waals surface area contributed by atoms with Gasteiger partial charge in [-0.1, -0.05) is 6.92 Å². The molecule has 0 aliphatic carbocycles. The summed E-state index contributed by atoms with van der Waals surface area (Å²) in [5.41, 5.74) is 0. The normalized spacial score (nSPS) is 12.6. The Morgan fingerprint density at radius 2 is 2.07 bits per heavy atom. The van der Waals surface area contributed by atoms with Crippen LogP contribution in [0.3, 0.4) is 0 Å². The summed E-state index contributed by atoms with van der Waals surface area (Å²) < 4.78 is 0. The Balaban J connectivity index is 2.08. The van der Waals surface area contributed by atoms with Gasteiger partial charge in [0.25, 0.3) is 0 Å². The van der Waals surface area contributed by atoms with E-state index in [-0.39, 0.29) is 0 Å². The van der Waals surface area contributed by atoms with Gasteiger partial charge < -0.3 is 5.32 Å². The molecular weight excluding hydrogens is 214 g/mol. The van der Waals surface area contributed by atoms with Gasteiger partial charge in [0.15, 0.2) is 5.13 Å². The molecule has 14 heavy (non-hydrogen) atoms. The number of nitrogens with one attached hydrogen (secondary N) is 1. The van der Waals surface area contributed by atoms with Crippen LogP contribution in [-0.2, 0) is 0 Å². The van der Waals surface area contributed by atoms with Crippen molar-refractivity contribution in [1.82, 2.24) is 9.97 Å². The summed E-state index contributed by atoms with van der Waals surface area (Å²) in [5, 5.41) is 9.43. The molecule has 3 nitrogen and oxygen atoms in total. The monoisotopic (exact) mass is 225 g/mol. The summed E-state index contributed by atoms with van der Waals surface area (Å²) in [5.74, 6) is 0. The van der Waals surface area contributed by atoms with Crippen LogP contribution in [0.2, 0.25) is 0 Å². The van der Waals surface area contributed by atoms with Crippen LogP contribution < -0.4 is 5.32 Å². The second kappa shape index (κ2) is 4.52. The van der Waals surface area contributed by atoms with Gasteiger partial charge in [0, 0.05) is 23.2 Å². The minimum Gasteiger partial charge on any atom is -0.352 e. The third-order valence-electron chi connectivity index (χ3n) is 1.89. The summed E-state index contributed by atoms with van der Waals surface area (Å²) in [4.78, 5) is 8.50. The standard InChI is InChI=1S/C9H11N3S2/c1-2-7(8-10-3-5-13-8)12-9-11-4-6-14-9/h3-7H,2H2,1H3,(H,11,12). The smallest absolute Gasteiger partial charge is 0.183 e. The third kappa shape index (κ3) is 2.10. The van der Waals surface area contributed by atoms with Crippen LogP contribution in [0.25, 0.3) is 0 Å². The van der Waals surface area contributed by atoms with Crippen LogP contribution >= 0.6 is 22.7 Å². The first-order valence-corrected chi connectivity index (χ1v) is 6.21. The SMILES string of the molecule is CCC(Nc1nccs1)c1nccs1. The maximum absolute atomic E-state index is 4.30. The predicted molar refractivity (Wildman–Crippen MR) is 60.9 cm³/mol. The van der Waals surface area contributed by atoms with Gasteiger partial charge in [-0.2, -0.15) is 0 Å². The van der Waals surface area contributed by atoms with Crippen molar-refractivity contribution in [2.24, 2.45) is 0 Å². The number of hydrogen-bond donors (Lipinski definition) is 1. The highest BCUT2D eigenvalue weighted by atomic mass is 32.1. The quantitative estimate of drug-likeness (QED) is 0.868. The van der Waals surface area contributed by atoms with Gasteiger partial charge in [0.2, 0.25) is 0 Å². The second-order valence-corrected chi connectivity index (χ2v) is 4.63. The molecule has 0 saturated heterocycles. The van der Waals surface area contributed by atoms with E-state index < -0.39 is 0 Å². The topological polar surface area (TPSA) is 37.8 Å². The van der Waals surface area contributed by atoms with Crippen molar-refractivity contribution in [3.05, 3.63) is 28.2 Å². The Kier molecular flexibility index (Phi) is 3.10. The highest BCUT2D eigenvalue weighted by Crippen LogP contribution is 2.24. The van der Waals surface area contributed by atoms with Gasteiger partial charge in [-0.05, 0) is 6.42 Å². The minimum absolute atomic E-state index is 0.293. The second-order valence-electron chi connectivity index (χ2n) is 2.81. The number of rotatable bonds is 4. The lowest BCUT2D eigenvalue weighted by Gasteiger charge is -2.12. The molecule has 5 heteroatoms. The maximum atomic E-state index is 4.30. The zero-order chi connectivity index (χ0) is 9.80. The molecule has 0 aromatic carbocycles. The first kappa shape index (κ1) is 9.61. The van der Waals surface area contributed by atoms with E-state index in [2.05, 4.69) is 22.2 Å². The van der Waals surface area contributed by atoms with Crippen molar-refractivity contribution in [3.8, 4) is 0 Å². The van der Waals surface area contributed by atoms with Crippen molar-refractivity contribution in [3.63, 3.8) is 0 Å². The summed E-state index contributed by atoms with van der Waals surface area (Å²) in [6.45, 7) is 2.15. The number of nitrogens with zero attached hydrogens (tertiary/aromatic N) is 2. The molecule has 0 aliphatic heterocycles. The van der Waals surface area contributed by atoms with Gasteiger partial charge in [-0.15, -0.1) is 22.7 Å². The Bertz CT molecular complexity index is 355. The van der Waals surface area contributed by atoms with Gasteiger partial charge in [0.1, 0.15) is 5.01 Å². The van der Waals surface area contributed by atoms with E-state index in [1.165, 1.54) is 0 Å². The lowest BCUT2D eigenvalue weighted by atomic mass is 10.2. The number of thiazole rings is 2. The average molecular weight is 225 g/mol. The maximum Gasteiger partial charge on any atom is 0.183 e. The van der Waals surface area contributed by atoms with E-state index in [9.17, 15) is 0 Å². The molecule has 2 aromatic heterocycles. The molecule has 0 amide bonds. The van der Waals surface area contributed by atoms with Crippen LogP contribution in [-0.4, -0.2) is 9.97 Å². The molecule has 0 fully saturated rings. The van der Waals surface area contributed by atoms with Crippen molar-refractivity contribution in [2.75, 3.05) is 5.32 Å². The molecule has 0 saturated carbocycles. The zero-order valence-electron chi connectivity index (χ0n) is 7.80. The van der Waals surface area contributed by atoms with Crippen LogP contribution in [0.15, 0.2) is 23.2 Å². The highest BCUT2D eigenvalue weighted by molar-refractivity contribution is 7.13. The molecule has 2 heterocycles.